The van der Waals surface area contributed by atoms with Crippen LogP contribution in [0.15, 0.2) is 30.3 Å². The average Bonchev–Trinajstić information content (AvgIpc) is 2.49. The predicted octanol–water partition coefficient (Wildman–Crippen LogP) is 5.00. The number of hydrogen-bond acceptors (Lipinski definition) is 2. The van der Waals surface area contributed by atoms with Crippen molar-refractivity contribution >= 4 is 6.09 Å². The van der Waals surface area contributed by atoms with Gasteiger partial charge in [-0.2, -0.15) is 0 Å². The number of rotatable bonds is 8. The molecule has 1 amide bonds. The fourth-order valence-corrected chi connectivity index (χ4v) is 2.22. The number of amides is 1. The van der Waals surface area contributed by atoms with Crippen LogP contribution in [0.4, 0.5) is 4.79 Å². The summed E-state index contributed by atoms with van der Waals surface area (Å²) in [5.74, 6) is 0. The van der Waals surface area contributed by atoms with Gasteiger partial charge in [0.05, 0.1) is 0 Å². The lowest BCUT2D eigenvalue weighted by molar-refractivity contribution is 0.0668. The number of carbonyl (C=O) groups is 1. The molecule has 3 nitrogen and oxygen atoms in total. The lowest BCUT2D eigenvalue weighted by Crippen LogP contribution is -2.45. The molecule has 0 unspecified atom stereocenters. The van der Waals surface area contributed by atoms with Crippen LogP contribution in [-0.4, -0.2) is 23.6 Å². The van der Waals surface area contributed by atoms with E-state index in [4.69, 9.17) is 4.74 Å². The molecule has 1 rings (SSSR count). The van der Waals surface area contributed by atoms with Crippen LogP contribution in [-0.2, 0) is 11.3 Å². The van der Waals surface area contributed by atoms with Crippen LogP contribution in [0, 0.1) is 0 Å². The first-order chi connectivity index (χ1) is 9.97. The summed E-state index contributed by atoms with van der Waals surface area (Å²) in [5, 5.41) is 0. The van der Waals surface area contributed by atoms with Crippen molar-refractivity contribution < 1.29 is 9.53 Å². The zero-order valence-electron chi connectivity index (χ0n) is 13.9. The minimum atomic E-state index is -0.251. The highest BCUT2D eigenvalue weighted by atomic mass is 16.6. The molecule has 21 heavy (non-hydrogen) atoms. The molecule has 0 radical (unpaired) electrons. The topological polar surface area (TPSA) is 29.5 Å². The molecule has 0 bridgehead atoms. The Morgan fingerprint density at radius 2 is 1.81 bits per heavy atom. The number of benzene rings is 1. The van der Waals surface area contributed by atoms with E-state index < -0.39 is 0 Å². The van der Waals surface area contributed by atoms with Gasteiger partial charge in [0.1, 0.15) is 6.61 Å². The molecule has 0 atom stereocenters. The van der Waals surface area contributed by atoms with E-state index in [0.717, 1.165) is 18.4 Å². The fourth-order valence-electron chi connectivity index (χ4n) is 2.22. The van der Waals surface area contributed by atoms with E-state index in [2.05, 4.69) is 20.8 Å². The molecule has 1 aromatic rings. The van der Waals surface area contributed by atoms with E-state index >= 15 is 0 Å². The van der Waals surface area contributed by atoms with Crippen molar-refractivity contribution in [2.24, 2.45) is 0 Å². The summed E-state index contributed by atoms with van der Waals surface area (Å²) in [7, 11) is 1.83. The van der Waals surface area contributed by atoms with E-state index in [-0.39, 0.29) is 11.6 Å². The Morgan fingerprint density at radius 1 is 1.14 bits per heavy atom. The smallest absolute Gasteiger partial charge is 0.410 e. The third-order valence-corrected chi connectivity index (χ3v) is 4.03. The summed E-state index contributed by atoms with van der Waals surface area (Å²) < 4.78 is 5.39. The molecular formula is C18H29NO2. The normalized spacial score (nSPS) is 11.2. The zero-order chi connectivity index (χ0) is 15.7. The third kappa shape index (κ3) is 6.19. The van der Waals surface area contributed by atoms with E-state index in [1.807, 2.05) is 37.4 Å². The van der Waals surface area contributed by atoms with Crippen LogP contribution >= 0.6 is 0 Å². The van der Waals surface area contributed by atoms with Crippen molar-refractivity contribution in [2.75, 3.05) is 7.05 Å². The van der Waals surface area contributed by atoms with Crippen molar-refractivity contribution in [3.8, 4) is 0 Å². The van der Waals surface area contributed by atoms with Crippen LogP contribution in [0.2, 0.25) is 0 Å². The SMILES string of the molecule is CCCCCCC(C)(C)N(C)C(=O)OCc1ccccc1. The van der Waals surface area contributed by atoms with E-state index in [9.17, 15) is 4.79 Å². The summed E-state index contributed by atoms with van der Waals surface area (Å²) in [6.45, 7) is 6.74. The summed E-state index contributed by atoms with van der Waals surface area (Å²) >= 11 is 0. The Balaban J connectivity index is 2.41. The number of carbonyl (C=O) groups excluding carboxylic acids is 1. The minimum absolute atomic E-state index is 0.165. The highest BCUT2D eigenvalue weighted by Crippen LogP contribution is 2.22. The molecule has 0 saturated carbocycles. The highest BCUT2D eigenvalue weighted by molar-refractivity contribution is 5.68. The summed E-state index contributed by atoms with van der Waals surface area (Å²) in [5.41, 5.74) is 0.849. The molecule has 1 aromatic carbocycles. The van der Waals surface area contributed by atoms with Crippen LogP contribution < -0.4 is 0 Å². The van der Waals surface area contributed by atoms with Crippen LogP contribution in [0.25, 0.3) is 0 Å². The van der Waals surface area contributed by atoms with Gasteiger partial charge in [-0.25, -0.2) is 4.79 Å². The van der Waals surface area contributed by atoms with Gasteiger partial charge >= 0.3 is 6.09 Å². The second-order valence-electron chi connectivity index (χ2n) is 6.22. The van der Waals surface area contributed by atoms with Gasteiger partial charge in [-0.1, -0.05) is 62.9 Å². The Labute approximate surface area is 129 Å². The number of ether oxygens (including phenoxy) is 1. The summed E-state index contributed by atoms with van der Waals surface area (Å²) in [4.78, 5) is 13.9. The zero-order valence-corrected chi connectivity index (χ0v) is 13.9. The van der Waals surface area contributed by atoms with E-state index in [1.54, 1.807) is 4.90 Å². The van der Waals surface area contributed by atoms with E-state index in [1.165, 1.54) is 19.3 Å². The fraction of sp³-hybridized carbons (Fsp3) is 0.611. The first-order valence-corrected chi connectivity index (χ1v) is 7.92. The van der Waals surface area contributed by atoms with Crippen molar-refractivity contribution in [3.05, 3.63) is 35.9 Å². The Hall–Kier alpha value is -1.51. The maximum atomic E-state index is 12.2. The maximum Gasteiger partial charge on any atom is 0.410 e. The van der Waals surface area contributed by atoms with Crippen molar-refractivity contribution in [3.63, 3.8) is 0 Å². The summed E-state index contributed by atoms with van der Waals surface area (Å²) in [6, 6.07) is 9.78. The quantitative estimate of drug-likeness (QED) is 0.630. The predicted molar refractivity (Wildman–Crippen MR) is 87.2 cm³/mol. The molecule has 0 N–H and O–H groups in total. The van der Waals surface area contributed by atoms with Gasteiger partial charge in [-0.3, -0.25) is 0 Å². The van der Waals surface area contributed by atoms with Crippen LogP contribution in [0.5, 0.6) is 0 Å². The molecule has 0 heterocycles. The van der Waals surface area contributed by atoms with Gasteiger partial charge < -0.3 is 9.64 Å². The molecule has 0 saturated heterocycles. The van der Waals surface area contributed by atoms with E-state index in [0.29, 0.717) is 6.61 Å². The average molecular weight is 291 g/mol. The van der Waals surface area contributed by atoms with Gasteiger partial charge in [0.15, 0.2) is 0 Å². The van der Waals surface area contributed by atoms with Crippen LogP contribution in [0.1, 0.15) is 58.4 Å². The number of unbranched alkanes of at least 4 members (excludes halogenated alkanes) is 3. The standard InChI is InChI=1S/C18H29NO2/c1-5-6-7-11-14-18(2,3)19(4)17(20)21-15-16-12-9-8-10-13-16/h8-10,12-13H,5-7,11,14-15H2,1-4H3. The molecule has 0 aliphatic rings. The lowest BCUT2D eigenvalue weighted by Gasteiger charge is -2.35. The number of nitrogens with zero attached hydrogens (tertiary/aromatic N) is 1. The Kier molecular flexibility index (Phi) is 7.27. The van der Waals surface area contributed by atoms with Crippen LogP contribution in [0.3, 0.4) is 0 Å². The van der Waals surface area contributed by atoms with Gasteiger partial charge in [0.25, 0.3) is 0 Å². The molecule has 0 aromatic heterocycles. The lowest BCUT2D eigenvalue weighted by atomic mass is 9.95. The van der Waals surface area contributed by atoms with Gasteiger partial charge in [0.2, 0.25) is 0 Å². The van der Waals surface area contributed by atoms with Crippen molar-refractivity contribution in [2.45, 2.75) is 65.0 Å². The van der Waals surface area contributed by atoms with Crippen molar-refractivity contribution in [1.29, 1.82) is 0 Å². The molecule has 0 fully saturated rings. The summed E-state index contributed by atoms with van der Waals surface area (Å²) in [6.07, 6.45) is 5.63. The first kappa shape index (κ1) is 17.5. The third-order valence-electron chi connectivity index (χ3n) is 4.03. The van der Waals surface area contributed by atoms with Gasteiger partial charge in [-0.15, -0.1) is 0 Å². The molecule has 0 spiro atoms. The van der Waals surface area contributed by atoms with Gasteiger partial charge in [0, 0.05) is 12.6 Å². The molecule has 0 aliphatic heterocycles. The minimum Gasteiger partial charge on any atom is -0.445 e. The maximum absolute atomic E-state index is 12.2. The first-order valence-electron chi connectivity index (χ1n) is 7.92. The molecular weight excluding hydrogens is 262 g/mol. The molecule has 0 aliphatic carbocycles. The largest absolute Gasteiger partial charge is 0.445 e. The van der Waals surface area contributed by atoms with Gasteiger partial charge in [-0.05, 0) is 25.8 Å². The number of hydrogen-bond donors (Lipinski definition) is 0. The second kappa shape index (κ2) is 8.71. The molecule has 118 valence electrons. The Morgan fingerprint density at radius 3 is 2.43 bits per heavy atom. The van der Waals surface area contributed by atoms with Crippen molar-refractivity contribution in [1.82, 2.24) is 4.90 Å². The monoisotopic (exact) mass is 291 g/mol. The molecule has 3 heteroatoms. The second-order valence-corrected chi connectivity index (χ2v) is 6.22. The Bertz CT molecular complexity index is 414. The highest BCUT2D eigenvalue weighted by Gasteiger charge is 2.28.